The van der Waals surface area contributed by atoms with E-state index in [1.807, 2.05) is 6.07 Å². The first-order chi connectivity index (χ1) is 16.3. The zero-order valence-corrected chi connectivity index (χ0v) is 18.4. The number of halogens is 3. The molecule has 9 heteroatoms. The molecule has 1 heterocycles. The number of likely N-dealkylation sites (tertiary alicyclic amines) is 1. The van der Waals surface area contributed by atoms with Crippen LogP contribution < -0.4 is 10.6 Å². The first-order valence-electron chi connectivity index (χ1n) is 11.2. The van der Waals surface area contributed by atoms with Gasteiger partial charge in [0.25, 0.3) is 11.8 Å². The molecule has 2 aliphatic rings. The summed E-state index contributed by atoms with van der Waals surface area (Å²) in [6.45, 7) is -0.696. The van der Waals surface area contributed by atoms with Crippen molar-refractivity contribution in [1.82, 2.24) is 15.5 Å². The minimum atomic E-state index is -2.89. The molecule has 178 valence electrons. The summed E-state index contributed by atoms with van der Waals surface area (Å²) >= 11 is 0. The van der Waals surface area contributed by atoms with Crippen molar-refractivity contribution >= 4 is 11.8 Å². The van der Waals surface area contributed by atoms with Crippen molar-refractivity contribution < 1.29 is 22.8 Å². The van der Waals surface area contributed by atoms with Gasteiger partial charge in [-0.1, -0.05) is 12.1 Å². The lowest BCUT2D eigenvalue weighted by molar-refractivity contribution is -0.167. The highest BCUT2D eigenvalue weighted by Gasteiger charge is 2.47. The van der Waals surface area contributed by atoms with Gasteiger partial charge in [0.2, 0.25) is 5.91 Å². The molecular weight excluding hydrogens is 445 g/mol. The zero-order chi connectivity index (χ0) is 24.3. The Morgan fingerprint density at radius 3 is 2.41 bits per heavy atom. The molecule has 0 aromatic heterocycles. The second-order valence-electron chi connectivity index (χ2n) is 8.86. The number of carbonyl (C=O) groups excluding carboxylic acids is 2. The van der Waals surface area contributed by atoms with E-state index in [0.29, 0.717) is 30.9 Å². The number of hydrogen-bond donors (Lipinski definition) is 2. The normalized spacial score (nSPS) is 21.2. The third-order valence-electron chi connectivity index (χ3n) is 6.20. The van der Waals surface area contributed by atoms with E-state index < -0.39 is 36.9 Å². The summed E-state index contributed by atoms with van der Waals surface area (Å²) in [5, 5.41) is 15.0. The number of nitriles is 1. The first kappa shape index (κ1) is 23.8. The molecule has 1 aliphatic heterocycles. The summed E-state index contributed by atoms with van der Waals surface area (Å²) in [7, 11) is 0. The fourth-order valence-corrected chi connectivity index (χ4v) is 4.18. The Morgan fingerprint density at radius 1 is 1.12 bits per heavy atom. The zero-order valence-electron chi connectivity index (χ0n) is 18.4. The maximum atomic E-state index is 13.3. The third kappa shape index (κ3) is 5.75. The highest BCUT2D eigenvalue weighted by atomic mass is 19.3. The molecule has 0 unspecified atom stereocenters. The van der Waals surface area contributed by atoms with Gasteiger partial charge in [-0.25, -0.2) is 13.2 Å². The van der Waals surface area contributed by atoms with E-state index in [-0.39, 0.29) is 17.4 Å². The number of nitrogens with one attached hydrogen (secondary N) is 2. The Labute approximate surface area is 195 Å². The van der Waals surface area contributed by atoms with Gasteiger partial charge in [0.15, 0.2) is 0 Å². The smallest absolute Gasteiger partial charge is 0.282 e. The Morgan fingerprint density at radius 2 is 1.79 bits per heavy atom. The molecule has 2 aromatic rings. The molecule has 2 fully saturated rings. The van der Waals surface area contributed by atoms with Crippen LogP contribution in [0.25, 0.3) is 0 Å². The Bertz CT molecular complexity index is 1070. The highest BCUT2D eigenvalue weighted by molar-refractivity contribution is 5.97. The number of nitrogens with zero attached hydrogens (tertiary/aromatic N) is 2. The summed E-state index contributed by atoms with van der Waals surface area (Å²) in [5.74, 6) is -3.87. The van der Waals surface area contributed by atoms with Gasteiger partial charge in [-0.05, 0) is 67.8 Å². The van der Waals surface area contributed by atoms with Crippen molar-refractivity contribution in [2.24, 2.45) is 0 Å². The first-order valence-corrected chi connectivity index (χ1v) is 11.2. The summed E-state index contributed by atoms with van der Waals surface area (Å²) in [4.78, 5) is 26.5. The van der Waals surface area contributed by atoms with E-state index in [0.717, 1.165) is 16.9 Å². The average Bonchev–Trinajstić information content (AvgIpc) is 3.59. The van der Waals surface area contributed by atoms with E-state index in [9.17, 15) is 22.8 Å². The van der Waals surface area contributed by atoms with Crippen LogP contribution in [0.15, 0.2) is 48.5 Å². The van der Waals surface area contributed by atoms with Gasteiger partial charge in [-0.2, -0.15) is 5.26 Å². The van der Waals surface area contributed by atoms with Crippen molar-refractivity contribution in [3.8, 4) is 6.07 Å². The summed E-state index contributed by atoms with van der Waals surface area (Å²) < 4.78 is 39.6. The van der Waals surface area contributed by atoms with Gasteiger partial charge < -0.3 is 15.5 Å². The lowest BCUT2D eigenvalue weighted by Gasteiger charge is -2.40. The van der Waals surface area contributed by atoms with E-state index in [2.05, 4.69) is 10.6 Å². The predicted molar refractivity (Wildman–Crippen MR) is 119 cm³/mol. The van der Waals surface area contributed by atoms with Gasteiger partial charge in [0, 0.05) is 17.5 Å². The van der Waals surface area contributed by atoms with Crippen LogP contribution in [-0.4, -0.2) is 54.4 Å². The Hall–Kier alpha value is -3.38. The Kier molecular flexibility index (Phi) is 6.89. The van der Waals surface area contributed by atoms with Crippen molar-refractivity contribution in [2.45, 2.75) is 43.2 Å². The monoisotopic (exact) mass is 470 g/mol. The topological polar surface area (TPSA) is 85.2 Å². The molecule has 1 aliphatic carbocycles. The molecule has 3 atom stereocenters. The van der Waals surface area contributed by atoms with Crippen molar-refractivity contribution in [3.05, 3.63) is 71.0 Å². The van der Waals surface area contributed by atoms with Crippen LogP contribution in [0.4, 0.5) is 13.2 Å². The fourth-order valence-electron chi connectivity index (χ4n) is 4.18. The molecular formula is C25H25F3N4O2. The lowest BCUT2D eigenvalue weighted by Crippen LogP contribution is -2.62. The van der Waals surface area contributed by atoms with Gasteiger partial charge in [0.1, 0.15) is 11.9 Å². The summed E-state index contributed by atoms with van der Waals surface area (Å²) in [6, 6.07) is 13.7. The average molecular weight is 470 g/mol. The van der Waals surface area contributed by atoms with E-state index in [1.54, 1.807) is 12.1 Å². The molecule has 2 N–H and O–H groups in total. The maximum absolute atomic E-state index is 13.3. The lowest BCUT2D eigenvalue weighted by atomic mass is 10.0. The van der Waals surface area contributed by atoms with Crippen LogP contribution in [0.2, 0.25) is 0 Å². The number of carbonyl (C=O) groups is 2. The predicted octanol–water partition coefficient (Wildman–Crippen LogP) is 3.20. The molecule has 1 saturated heterocycles. The van der Waals surface area contributed by atoms with Crippen molar-refractivity contribution in [2.75, 3.05) is 19.6 Å². The third-order valence-corrected chi connectivity index (χ3v) is 6.20. The second-order valence-corrected chi connectivity index (χ2v) is 8.86. The van der Waals surface area contributed by atoms with Gasteiger partial charge in [-0.15, -0.1) is 0 Å². The number of hydrogen-bond acceptors (Lipinski definition) is 4. The molecule has 0 bridgehead atoms. The number of amides is 2. The van der Waals surface area contributed by atoms with E-state index >= 15 is 0 Å². The maximum Gasteiger partial charge on any atom is 0.282 e. The summed E-state index contributed by atoms with van der Waals surface area (Å²) in [5.41, 5.74) is 1.75. The van der Waals surface area contributed by atoms with Crippen LogP contribution in [0, 0.1) is 17.1 Å². The molecule has 0 radical (unpaired) electrons. The largest absolute Gasteiger partial charge is 0.340 e. The minimum absolute atomic E-state index is 0.266. The van der Waals surface area contributed by atoms with E-state index in [1.165, 1.54) is 36.4 Å². The fraction of sp³-hybridized carbons (Fsp3) is 0.400. The highest BCUT2D eigenvalue weighted by Crippen LogP contribution is 2.40. The van der Waals surface area contributed by atoms with Crippen molar-refractivity contribution in [3.63, 3.8) is 0 Å². The van der Waals surface area contributed by atoms with Gasteiger partial charge >= 0.3 is 0 Å². The molecule has 34 heavy (non-hydrogen) atoms. The Balaban J connectivity index is 1.30. The number of alkyl halides is 2. The van der Waals surface area contributed by atoms with Crippen LogP contribution in [0.5, 0.6) is 0 Å². The SMILES string of the molecule is N#Cc1ccc(C(=O)N[C@@H](CCCN[C@@H]2C[C@H]2c2ccc(F)cc2)C(=O)N2CC(F)(F)C2)cc1. The molecule has 0 spiro atoms. The second kappa shape index (κ2) is 9.85. The summed E-state index contributed by atoms with van der Waals surface area (Å²) in [6.07, 6.45) is 1.79. The standard InChI is InChI=1S/C25H25F3N4O2/c26-19-9-7-17(8-10-19)20-12-22(20)30-11-1-2-21(24(34)32-14-25(27,28)15-32)31-23(33)18-5-3-16(13-29)4-6-18/h3-10,20-22,30H,1-2,11-12,14-15H2,(H,31,33)/t20-,21-,22+/m0/s1. The van der Waals surface area contributed by atoms with Crippen LogP contribution >= 0.6 is 0 Å². The van der Waals surface area contributed by atoms with Crippen LogP contribution in [-0.2, 0) is 4.79 Å². The molecule has 1 saturated carbocycles. The van der Waals surface area contributed by atoms with Gasteiger partial charge in [0.05, 0.1) is 24.7 Å². The van der Waals surface area contributed by atoms with Gasteiger partial charge in [-0.3, -0.25) is 9.59 Å². The van der Waals surface area contributed by atoms with Crippen LogP contribution in [0.3, 0.4) is 0 Å². The quantitative estimate of drug-likeness (QED) is 0.552. The minimum Gasteiger partial charge on any atom is -0.340 e. The number of benzene rings is 2. The van der Waals surface area contributed by atoms with E-state index in [4.69, 9.17) is 5.26 Å². The molecule has 2 amide bonds. The molecule has 6 nitrogen and oxygen atoms in total. The van der Waals surface area contributed by atoms with Crippen molar-refractivity contribution in [1.29, 1.82) is 5.26 Å². The molecule has 2 aromatic carbocycles. The number of rotatable bonds is 9. The molecule has 4 rings (SSSR count). The van der Waals surface area contributed by atoms with Crippen LogP contribution in [0.1, 0.15) is 46.7 Å².